The highest BCUT2D eigenvalue weighted by Crippen LogP contribution is 2.34. The van der Waals surface area contributed by atoms with Crippen LogP contribution in [0.25, 0.3) is 0 Å². The number of hydrogen-bond donors (Lipinski definition) is 1. The van der Waals surface area contributed by atoms with Gasteiger partial charge in [0.15, 0.2) is 5.78 Å². The predicted molar refractivity (Wildman–Crippen MR) is 85.4 cm³/mol. The highest BCUT2D eigenvalue weighted by Gasteiger charge is 2.34. The van der Waals surface area contributed by atoms with E-state index in [2.05, 4.69) is 5.16 Å². The molecule has 0 saturated carbocycles. The summed E-state index contributed by atoms with van der Waals surface area (Å²) in [6.07, 6.45) is -4.94. The summed E-state index contributed by atoms with van der Waals surface area (Å²) in [4.78, 5) is 11.5. The van der Waals surface area contributed by atoms with Crippen molar-refractivity contribution in [1.29, 1.82) is 0 Å². The maximum Gasteiger partial charge on any atom is 0.416 e. The number of carbonyl (C=O) groups excluding carboxylic acids is 1. The van der Waals surface area contributed by atoms with Crippen molar-refractivity contribution in [1.82, 2.24) is 4.31 Å². The van der Waals surface area contributed by atoms with Crippen LogP contribution < -0.4 is 0 Å². The molecule has 1 aromatic carbocycles. The van der Waals surface area contributed by atoms with Gasteiger partial charge in [-0.15, -0.1) is 0 Å². The van der Waals surface area contributed by atoms with Crippen molar-refractivity contribution < 1.29 is 31.6 Å². The first-order valence-electron chi connectivity index (χ1n) is 6.87. The zero-order valence-electron chi connectivity index (χ0n) is 13.5. The molecule has 1 N–H and O–H groups in total. The normalized spacial score (nSPS) is 14.6. The molecule has 6 nitrogen and oxygen atoms in total. The third-order valence-electron chi connectivity index (χ3n) is 3.53. The number of sulfonamides is 1. The predicted octanol–water partition coefficient (Wildman–Crippen LogP) is 3.18. The summed E-state index contributed by atoms with van der Waals surface area (Å²) < 4.78 is 63.7. The van der Waals surface area contributed by atoms with Crippen molar-refractivity contribution in [2.45, 2.75) is 37.4 Å². The third kappa shape index (κ3) is 4.93. The van der Waals surface area contributed by atoms with E-state index in [0.29, 0.717) is 16.4 Å². The fraction of sp³-hybridized carbons (Fsp3) is 0.429. The molecule has 25 heavy (non-hydrogen) atoms. The van der Waals surface area contributed by atoms with Crippen LogP contribution in [0.4, 0.5) is 13.2 Å². The largest absolute Gasteiger partial charge is 0.416 e. The molecule has 0 amide bonds. The van der Waals surface area contributed by atoms with Crippen molar-refractivity contribution in [3.63, 3.8) is 0 Å². The Labute approximate surface area is 147 Å². The van der Waals surface area contributed by atoms with Crippen LogP contribution in [0, 0.1) is 0 Å². The van der Waals surface area contributed by atoms with E-state index < -0.39 is 43.5 Å². The molecule has 0 heterocycles. The van der Waals surface area contributed by atoms with E-state index in [1.54, 1.807) is 0 Å². The first-order valence-corrected chi connectivity index (χ1v) is 8.69. The lowest BCUT2D eigenvalue weighted by Crippen LogP contribution is -2.41. The summed E-state index contributed by atoms with van der Waals surface area (Å²) in [5, 5.41) is 10.8. The zero-order valence-corrected chi connectivity index (χ0v) is 15.1. The average Bonchev–Trinajstić information content (AvgIpc) is 2.51. The lowest BCUT2D eigenvalue weighted by atomic mass is 10.1. The maximum atomic E-state index is 12.6. The first-order chi connectivity index (χ1) is 11.3. The van der Waals surface area contributed by atoms with Gasteiger partial charge < -0.3 is 5.21 Å². The molecule has 1 atom stereocenters. The van der Waals surface area contributed by atoms with Gasteiger partial charge in [-0.2, -0.15) is 17.5 Å². The van der Waals surface area contributed by atoms with Gasteiger partial charge in [0.05, 0.1) is 22.3 Å². The summed E-state index contributed by atoms with van der Waals surface area (Å²) in [7, 11) is -3.20. The Kier molecular flexibility index (Phi) is 6.60. The number of halogens is 4. The van der Waals surface area contributed by atoms with E-state index >= 15 is 0 Å². The monoisotopic (exact) mass is 400 g/mol. The Balaban J connectivity index is 3.18. The van der Waals surface area contributed by atoms with Crippen molar-refractivity contribution >= 4 is 33.1 Å². The van der Waals surface area contributed by atoms with E-state index in [1.165, 1.54) is 13.8 Å². The number of likely N-dealkylation sites (N-methyl/N-ethyl adjacent to an activating group) is 1. The minimum absolute atomic E-state index is 0.0928. The van der Waals surface area contributed by atoms with Crippen LogP contribution in [0.15, 0.2) is 28.3 Å². The topological polar surface area (TPSA) is 87.0 Å². The molecule has 0 fully saturated rings. The van der Waals surface area contributed by atoms with Gasteiger partial charge in [-0.05, 0) is 32.0 Å². The number of carbonyl (C=O) groups is 1. The molecule has 0 saturated heterocycles. The number of alkyl halides is 3. The van der Waals surface area contributed by atoms with Gasteiger partial charge >= 0.3 is 6.18 Å². The summed E-state index contributed by atoms with van der Waals surface area (Å²) in [5.41, 5.74) is -0.992. The fourth-order valence-electron chi connectivity index (χ4n) is 1.89. The fourth-order valence-corrected chi connectivity index (χ4v) is 3.75. The van der Waals surface area contributed by atoms with Crippen molar-refractivity contribution in [3.05, 3.63) is 28.8 Å². The van der Waals surface area contributed by atoms with E-state index in [9.17, 15) is 26.4 Å². The smallest absolute Gasteiger partial charge is 0.411 e. The molecular formula is C14H16ClF3N2O4S. The minimum atomic E-state index is -4.66. The number of Topliss-reactive ketones (excluding diaryl/α,β-unsaturated/α-hetero) is 1. The van der Waals surface area contributed by atoms with Gasteiger partial charge in [0.1, 0.15) is 4.90 Å². The van der Waals surface area contributed by atoms with Crippen molar-refractivity contribution in [3.8, 4) is 0 Å². The van der Waals surface area contributed by atoms with Crippen molar-refractivity contribution in [2.75, 3.05) is 7.05 Å². The number of ketones is 1. The minimum Gasteiger partial charge on any atom is -0.411 e. The highest BCUT2D eigenvalue weighted by molar-refractivity contribution is 7.89. The molecule has 11 heteroatoms. The van der Waals surface area contributed by atoms with Crippen molar-refractivity contribution in [2.24, 2.45) is 5.16 Å². The Morgan fingerprint density at radius 1 is 1.40 bits per heavy atom. The van der Waals surface area contributed by atoms with Gasteiger partial charge in [-0.3, -0.25) is 4.79 Å². The molecule has 0 aliphatic rings. The molecule has 0 unspecified atom stereocenters. The average molecular weight is 401 g/mol. The van der Waals surface area contributed by atoms with Crippen LogP contribution in [0.5, 0.6) is 0 Å². The Hall–Kier alpha value is -1.65. The van der Waals surface area contributed by atoms with Gasteiger partial charge in [0.2, 0.25) is 10.0 Å². The highest BCUT2D eigenvalue weighted by atomic mass is 35.5. The van der Waals surface area contributed by atoms with E-state index in [0.717, 1.165) is 13.1 Å². The van der Waals surface area contributed by atoms with Gasteiger partial charge in [0, 0.05) is 13.5 Å². The number of hydrogen-bond acceptors (Lipinski definition) is 5. The van der Waals surface area contributed by atoms with Crippen LogP contribution >= 0.6 is 11.6 Å². The molecule has 1 rings (SSSR count). The first kappa shape index (κ1) is 21.4. The maximum absolute atomic E-state index is 12.6. The molecule has 0 aliphatic carbocycles. The number of nitrogens with zero attached hydrogens (tertiary/aromatic N) is 2. The molecule has 0 aromatic heterocycles. The quantitative estimate of drug-likeness (QED) is 0.451. The molecular weight excluding hydrogens is 385 g/mol. The summed E-state index contributed by atoms with van der Waals surface area (Å²) >= 11 is 5.71. The molecule has 0 aliphatic heterocycles. The van der Waals surface area contributed by atoms with Crippen LogP contribution in [0.1, 0.15) is 25.8 Å². The lowest BCUT2D eigenvalue weighted by Gasteiger charge is -2.24. The standard InChI is InChI=1S/C14H16ClF3N2O4S/c1-8(19-22)6-12(21)9(2)20(3)25(23,24)13-5-4-10(7-11(13)15)14(16,17)18/h4-5,7,9,22H,6H2,1-3H3/b19-8+/t9-/m0/s1. The Morgan fingerprint density at radius 2 is 1.96 bits per heavy atom. The van der Waals surface area contributed by atoms with Gasteiger partial charge in [0.25, 0.3) is 0 Å². The third-order valence-corrected chi connectivity index (χ3v) is 5.94. The van der Waals surface area contributed by atoms with Crippen LogP contribution in [0.2, 0.25) is 5.02 Å². The van der Waals surface area contributed by atoms with Crippen LogP contribution in [0.3, 0.4) is 0 Å². The molecule has 1 aromatic rings. The number of rotatable bonds is 6. The second kappa shape index (κ2) is 7.71. The van der Waals surface area contributed by atoms with Gasteiger partial charge in [-0.1, -0.05) is 16.8 Å². The van der Waals surface area contributed by atoms with E-state index in [1.807, 2.05) is 0 Å². The molecule has 0 spiro atoms. The number of oxime groups is 1. The zero-order chi connectivity index (χ0) is 19.6. The van der Waals surface area contributed by atoms with Crippen LogP contribution in [-0.4, -0.2) is 42.5 Å². The number of benzene rings is 1. The van der Waals surface area contributed by atoms with Crippen LogP contribution in [-0.2, 0) is 21.0 Å². The SMILES string of the molecule is C/C(CC(=O)[C@H](C)N(C)S(=O)(=O)c1ccc(C(F)(F)F)cc1Cl)=N\O. The van der Waals surface area contributed by atoms with E-state index in [4.69, 9.17) is 16.8 Å². The summed E-state index contributed by atoms with van der Waals surface area (Å²) in [5.74, 6) is -0.551. The Morgan fingerprint density at radius 3 is 2.40 bits per heavy atom. The Bertz CT molecular complexity index is 794. The second-order valence-corrected chi connectivity index (χ2v) is 7.69. The summed E-state index contributed by atoms with van der Waals surface area (Å²) in [6, 6.07) is 0.716. The molecule has 140 valence electrons. The second-order valence-electron chi connectivity index (χ2n) is 5.32. The van der Waals surface area contributed by atoms with Gasteiger partial charge in [-0.25, -0.2) is 8.42 Å². The molecule has 0 bridgehead atoms. The summed E-state index contributed by atoms with van der Waals surface area (Å²) in [6.45, 7) is 2.69. The molecule has 0 radical (unpaired) electrons. The van der Waals surface area contributed by atoms with E-state index in [-0.39, 0.29) is 12.1 Å². The lowest BCUT2D eigenvalue weighted by molar-refractivity contribution is -0.137.